The third kappa shape index (κ3) is 7.50. The molecule has 0 bridgehead atoms. The molecule has 3 aromatic rings. The average Bonchev–Trinajstić information content (AvgIpc) is 3.55. The predicted octanol–water partition coefficient (Wildman–Crippen LogP) is 6.20. The standard InChI is InChI=1S/C34H33F10N3O5S/c1-22(48)45-16-18-46(19-17-45)29(49)47-15-14-30(21-47,53(50,51)27-12-10-26(35)11-13-27)24-6-8-25(9-7-24)31(33(39,40)41,34(42,43)44)52-20-23-4-2-3-5-28(23)32(36,37)38/h2-13,29,49H,14-21H2,1H3/t29?,30-/m0/s1. The molecule has 1 unspecified atom stereocenters. The number of hydrogen-bond donors (Lipinski definition) is 1. The first-order valence-electron chi connectivity index (χ1n) is 16.0. The Morgan fingerprint density at radius 1 is 0.811 bits per heavy atom. The minimum absolute atomic E-state index is 0.118. The Kier molecular flexibility index (Phi) is 11.0. The summed E-state index contributed by atoms with van der Waals surface area (Å²) in [5, 5.41) is 11.3. The van der Waals surface area contributed by atoms with E-state index in [-0.39, 0.29) is 50.6 Å². The van der Waals surface area contributed by atoms with Crippen molar-refractivity contribution in [3.05, 3.63) is 101 Å². The van der Waals surface area contributed by atoms with Gasteiger partial charge in [0.05, 0.1) is 17.1 Å². The molecule has 0 spiro atoms. The summed E-state index contributed by atoms with van der Waals surface area (Å²) in [6.07, 6.45) is -19.4. The molecule has 2 saturated heterocycles. The SMILES string of the molecule is CC(=O)N1CCN(C(O)N2CC[C@](c3ccc(C(OCc4ccccc4C(F)(F)F)(C(F)(F)F)C(F)(F)F)cc3)(S(=O)(=O)c3ccc(F)cc3)C2)CC1. The third-order valence-electron chi connectivity index (χ3n) is 9.70. The number of benzene rings is 3. The lowest BCUT2D eigenvalue weighted by molar-refractivity contribution is -0.392. The molecule has 2 atom stereocenters. The van der Waals surface area contributed by atoms with Crippen molar-refractivity contribution in [2.45, 2.75) is 60.1 Å². The fraction of sp³-hybridized carbons (Fsp3) is 0.441. The zero-order valence-electron chi connectivity index (χ0n) is 27.8. The van der Waals surface area contributed by atoms with Crippen LogP contribution < -0.4 is 0 Å². The molecule has 0 aromatic heterocycles. The first kappa shape index (κ1) is 40.4. The van der Waals surface area contributed by atoms with E-state index in [2.05, 4.69) is 4.74 Å². The molecule has 3 aromatic carbocycles. The quantitative estimate of drug-likeness (QED) is 0.204. The summed E-state index contributed by atoms with van der Waals surface area (Å²) in [4.78, 5) is 15.8. The number of sulfone groups is 1. The van der Waals surface area contributed by atoms with Crippen LogP contribution in [0.25, 0.3) is 0 Å². The van der Waals surface area contributed by atoms with Gasteiger partial charge in [-0.15, -0.1) is 0 Å². The number of nitrogens with zero attached hydrogens (tertiary/aromatic N) is 3. The van der Waals surface area contributed by atoms with E-state index < -0.39 is 85.6 Å². The number of aliphatic hydroxyl groups is 1. The van der Waals surface area contributed by atoms with Gasteiger partial charge in [0.2, 0.25) is 5.91 Å². The molecule has 2 aliphatic rings. The summed E-state index contributed by atoms with van der Waals surface area (Å²) in [5.41, 5.74) is -9.51. The summed E-state index contributed by atoms with van der Waals surface area (Å²) < 4.78 is 173. The first-order chi connectivity index (χ1) is 24.5. The molecule has 1 amide bonds. The van der Waals surface area contributed by atoms with Crippen molar-refractivity contribution in [1.29, 1.82) is 0 Å². The van der Waals surface area contributed by atoms with E-state index in [1.807, 2.05) is 0 Å². The minimum Gasteiger partial charge on any atom is -0.365 e. The van der Waals surface area contributed by atoms with Crippen molar-refractivity contribution in [2.24, 2.45) is 0 Å². The highest BCUT2D eigenvalue weighted by Gasteiger charge is 2.73. The number of rotatable bonds is 9. The number of ether oxygens (including phenoxy) is 1. The molecule has 290 valence electrons. The van der Waals surface area contributed by atoms with E-state index in [9.17, 15) is 62.2 Å². The Morgan fingerprint density at radius 2 is 1.38 bits per heavy atom. The van der Waals surface area contributed by atoms with Crippen LogP contribution in [-0.4, -0.2) is 92.1 Å². The number of amides is 1. The van der Waals surface area contributed by atoms with Crippen molar-refractivity contribution >= 4 is 15.7 Å². The lowest BCUT2D eigenvalue weighted by atomic mass is 9.88. The molecule has 2 heterocycles. The van der Waals surface area contributed by atoms with Gasteiger partial charge in [-0.05, 0) is 47.9 Å². The third-order valence-corrected chi connectivity index (χ3v) is 12.2. The topological polar surface area (TPSA) is 90.4 Å². The monoisotopic (exact) mass is 785 g/mol. The number of piperazine rings is 1. The van der Waals surface area contributed by atoms with Crippen molar-refractivity contribution in [3.63, 3.8) is 0 Å². The second kappa shape index (κ2) is 14.5. The van der Waals surface area contributed by atoms with Crippen LogP contribution >= 0.6 is 0 Å². The zero-order valence-corrected chi connectivity index (χ0v) is 28.6. The van der Waals surface area contributed by atoms with Crippen LogP contribution in [0.15, 0.2) is 77.7 Å². The fourth-order valence-corrected chi connectivity index (χ4v) is 8.90. The van der Waals surface area contributed by atoms with Gasteiger partial charge >= 0.3 is 18.5 Å². The molecule has 0 radical (unpaired) electrons. The highest BCUT2D eigenvalue weighted by atomic mass is 32.2. The highest BCUT2D eigenvalue weighted by molar-refractivity contribution is 7.92. The lowest BCUT2D eigenvalue weighted by Gasteiger charge is -2.40. The number of aliphatic hydroxyl groups excluding tert-OH is 1. The van der Waals surface area contributed by atoms with E-state index >= 15 is 0 Å². The molecule has 19 heteroatoms. The number of alkyl halides is 9. The molecule has 0 saturated carbocycles. The molecular formula is C34H33F10N3O5S. The lowest BCUT2D eigenvalue weighted by Crippen LogP contribution is -2.56. The second-order valence-corrected chi connectivity index (χ2v) is 15.0. The highest BCUT2D eigenvalue weighted by Crippen LogP contribution is 2.54. The maximum Gasteiger partial charge on any atom is 0.430 e. The van der Waals surface area contributed by atoms with E-state index in [4.69, 9.17) is 0 Å². The van der Waals surface area contributed by atoms with Gasteiger partial charge < -0.3 is 14.7 Å². The van der Waals surface area contributed by atoms with Gasteiger partial charge in [0.15, 0.2) is 16.2 Å². The Bertz CT molecular complexity index is 1860. The number of likely N-dealkylation sites (tertiary alicyclic amines) is 1. The normalized spacial score (nSPS) is 20.5. The van der Waals surface area contributed by atoms with Crippen LogP contribution in [0.2, 0.25) is 0 Å². The maximum absolute atomic E-state index is 14.6. The van der Waals surface area contributed by atoms with Gasteiger partial charge in [0.1, 0.15) is 10.6 Å². The molecule has 0 aliphatic carbocycles. The van der Waals surface area contributed by atoms with E-state index in [0.717, 1.165) is 48.5 Å². The van der Waals surface area contributed by atoms with E-state index in [0.29, 0.717) is 24.3 Å². The fourth-order valence-electron chi connectivity index (χ4n) is 6.81. The van der Waals surface area contributed by atoms with Gasteiger partial charge in [-0.3, -0.25) is 14.6 Å². The first-order valence-corrected chi connectivity index (χ1v) is 17.5. The van der Waals surface area contributed by atoms with Crippen LogP contribution in [0, 0.1) is 5.82 Å². The van der Waals surface area contributed by atoms with Crippen molar-refractivity contribution in [3.8, 4) is 0 Å². The largest absolute Gasteiger partial charge is 0.430 e. The molecular weight excluding hydrogens is 752 g/mol. The zero-order chi connectivity index (χ0) is 39.2. The Hall–Kier alpha value is -3.78. The van der Waals surface area contributed by atoms with Crippen LogP contribution in [0.4, 0.5) is 43.9 Å². The summed E-state index contributed by atoms with van der Waals surface area (Å²) in [6.45, 7) is -0.0921. The number of hydrogen-bond acceptors (Lipinski definition) is 7. The molecule has 53 heavy (non-hydrogen) atoms. The minimum atomic E-state index is -6.28. The van der Waals surface area contributed by atoms with Gasteiger partial charge in [-0.25, -0.2) is 12.8 Å². The molecule has 1 N–H and O–H groups in total. The van der Waals surface area contributed by atoms with Gasteiger partial charge in [0.25, 0.3) is 5.60 Å². The Labute approximate surface area is 297 Å². The van der Waals surface area contributed by atoms with Crippen LogP contribution in [0.3, 0.4) is 0 Å². The van der Waals surface area contributed by atoms with E-state index in [1.165, 1.54) is 11.8 Å². The van der Waals surface area contributed by atoms with Crippen LogP contribution in [-0.2, 0) is 42.5 Å². The maximum atomic E-state index is 14.6. The van der Waals surface area contributed by atoms with Crippen LogP contribution in [0.1, 0.15) is 35.6 Å². The summed E-state index contributed by atoms with van der Waals surface area (Å²) in [6, 6.07) is 8.83. The number of carbonyl (C=O) groups is 1. The number of halogens is 10. The van der Waals surface area contributed by atoms with E-state index in [1.54, 1.807) is 9.80 Å². The predicted molar refractivity (Wildman–Crippen MR) is 168 cm³/mol. The van der Waals surface area contributed by atoms with Crippen molar-refractivity contribution in [2.75, 3.05) is 39.3 Å². The Balaban J connectivity index is 1.56. The molecule has 2 aliphatic heterocycles. The van der Waals surface area contributed by atoms with Gasteiger partial charge in [0, 0.05) is 51.8 Å². The van der Waals surface area contributed by atoms with Gasteiger partial charge in [-0.2, -0.15) is 39.5 Å². The smallest absolute Gasteiger partial charge is 0.365 e. The van der Waals surface area contributed by atoms with Crippen molar-refractivity contribution in [1.82, 2.24) is 14.7 Å². The molecule has 2 fully saturated rings. The Morgan fingerprint density at radius 3 is 1.91 bits per heavy atom. The van der Waals surface area contributed by atoms with Crippen LogP contribution in [0.5, 0.6) is 0 Å². The molecule has 5 rings (SSSR count). The second-order valence-electron chi connectivity index (χ2n) is 12.8. The summed E-state index contributed by atoms with van der Waals surface area (Å²) >= 11 is 0. The average molecular weight is 786 g/mol. The van der Waals surface area contributed by atoms with Crippen molar-refractivity contribution < 1.29 is 67.0 Å². The number of carbonyl (C=O) groups excluding carboxylic acids is 1. The molecule has 8 nitrogen and oxygen atoms in total. The van der Waals surface area contributed by atoms with Gasteiger partial charge in [-0.1, -0.05) is 42.5 Å². The summed E-state index contributed by atoms with van der Waals surface area (Å²) in [7, 11) is -4.63. The summed E-state index contributed by atoms with van der Waals surface area (Å²) in [5.74, 6) is -0.978.